The van der Waals surface area contributed by atoms with Crippen LogP contribution in [0.15, 0.2) is 176 Å². The van der Waals surface area contributed by atoms with Crippen molar-refractivity contribution >= 4 is 11.0 Å². The topological polar surface area (TPSA) is 50.9 Å². The third-order valence-corrected chi connectivity index (χ3v) is 9.70. The summed E-state index contributed by atoms with van der Waals surface area (Å²) in [6.07, 6.45) is 1.74. The Hall–Kier alpha value is -6.35. The fourth-order valence-electron chi connectivity index (χ4n) is 7.03. The van der Waals surface area contributed by atoms with E-state index in [-0.39, 0.29) is 37.9 Å². The molecule has 0 aliphatic carbocycles. The molecule has 0 bridgehead atoms. The van der Waals surface area contributed by atoms with E-state index in [0.717, 1.165) is 44.5 Å². The first kappa shape index (κ1) is 29.1. The van der Waals surface area contributed by atoms with E-state index in [4.69, 9.17) is 18.2 Å². The number of benzene rings is 7. The van der Waals surface area contributed by atoms with Crippen molar-refractivity contribution in [2.45, 2.75) is 13.7 Å². The minimum Gasteiger partial charge on any atom is -0.507 e. The van der Waals surface area contributed by atoms with Crippen LogP contribution in [0.4, 0.5) is 0 Å². The van der Waals surface area contributed by atoms with Crippen molar-refractivity contribution in [3.63, 3.8) is 0 Å². The van der Waals surface area contributed by atoms with Gasteiger partial charge in [-0.3, -0.25) is 9.55 Å². The van der Waals surface area contributed by atoms with Crippen LogP contribution in [-0.4, -0.2) is 19.6 Å². The van der Waals surface area contributed by atoms with E-state index in [1.165, 1.54) is 0 Å². The molecule has 9 aromatic rings. The Balaban J connectivity index is 0.00000514. The summed E-state index contributed by atoms with van der Waals surface area (Å²) in [7, 11) is 0. The van der Waals surface area contributed by atoms with E-state index in [1.54, 1.807) is 42.6 Å². The summed E-state index contributed by atoms with van der Waals surface area (Å²) in [5, 5.41) is 11.2. The second-order valence-electron chi connectivity index (χ2n) is 13.1. The monoisotopic (exact) mass is 895 g/mol. The number of nitrogens with zero attached hydrogens (tertiary/aromatic N) is 3. The van der Waals surface area contributed by atoms with Gasteiger partial charge in [0.05, 0.1) is 16.6 Å². The van der Waals surface area contributed by atoms with Gasteiger partial charge in [0.15, 0.2) is 0 Å². The smallest absolute Gasteiger partial charge is 0.148 e. The fourth-order valence-corrected chi connectivity index (χ4v) is 7.03. The van der Waals surface area contributed by atoms with Crippen molar-refractivity contribution in [1.29, 1.82) is 0 Å². The van der Waals surface area contributed by atoms with Crippen LogP contribution in [0.5, 0.6) is 5.75 Å². The number of aryl methyl sites for hydroxylation is 2. The number of phenolic OH excluding ortho intramolecular Hbond substituents is 1. The summed E-state index contributed by atoms with van der Waals surface area (Å²) in [5.74, 6) is 0.476. The number of rotatable bonds is 7. The van der Waals surface area contributed by atoms with Crippen LogP contribution >= 0.6 is 0 Å². The predicted molar refractivity (Wildman–Crippen MR) is 221 cm³/mol. The van der Waals surface area contributed by atoms with Gasteiger partial charge in [0.25, 0.3) is 0 Å². The molecule has 55 heavy (non-hydrogen) atoms. The molecule has 0 unspecified atom stereocenters. The number of fused-ring (bicyclic) bond motifs is 1. The van der Waals surface area contributed by atoms with Crippen molar-refractivity contribution in [3.05, 3.63) is 193 Å². The third kappa shape index (κ3) is 6.94. The molecule has 0 atom stereocenters. The Labute approximate surface area is 344 Å². The SMILES string of the molecule is [2H]C([2H])([2H])c1ccc(-c2ccnc(-c3[c-]c(-c4cccc5c4nc(-c4ccccc4O)n5-c4ccc(-c5ccccc5)c(C([2H])([2H])[2H])c4)cc(-c4ccccc4)c3)c2)cc1.[Pt]. The summed E-state index contributed by atoms with van der Waals surface area (Å²) in [6.45, 7) is -4.62. The van der Waals surface area contributed by atoms with Gasteiger partial charge in [-0.2, -0.15) is 0 Å². The normalized spacial score (nSPS) is 13.1. The van der Waals surface area contributed by atoms with Gasteiger partial charge in [-0.25, -0.2) is 4.98 Å². The number of hydrogen-bond acceptors (Lipinski definition) is 3. The number of phenols is 1. The molecule has 9 rings (SSSR count). The third-order valence-electron chi connectivity index (χ3n) is 9.70. The molecule has 0 spiro atoms. The molecule has 2 heterocycles. The largest absolute Gasteiger partial charge is 0.507 e. The van der Waals surface area contributed by atoms with Gasteiger partial charge in [-0.1, -0.05) is 144 Å². The first-order valence-electron chi connectivity index (χ1n) is 20.6. The molecule has 0 radical (unpaired) electrons. The maximum Gasteiger partial charge on any atom is 0.148 e. The average Bonchev–Trinajstić information content (AvgIpc) is 3.66. The van der Waals surface area contributed by atoms with Crippen molar-refractivity contribution < 1.29 is 34.4 Å². The van der Waals surface area contributed by atoms with Crippen LogP contribution < -0.4 is 0 Å². The molecule has 0 fully saturated rings. The standard InChI is InChI=1S/C50H36N3O.Pt/c1-33-20-22-36(23-21-33)38-26-27-51-46(32-38)41-30-39(35-12-5-3-6-13-35)29-40(31-41)44-17-11-18-47-49(44)52-50(45-16-9-10-19-48(45)54)53(47)42-24-25-43(34(2)28-42)37-14-7-4-8-15-37;/h3-30,32,54H,1-2H3;/q-1;/i1D3,2D3;. The Morgan fingerprint density at radius 2 is 1.27 bits per heavy atom. The van der Waals surface area contributed by atoms with E-state index in [1.807, 2.05) is 126 Å². The van der Waals surface area contributed by atoms with Gasteiger partial charge >= 0.3 is 0 Å². The zero-order valence-corrected chi connectivity index (χ0v) is 31.6. The summed E-state index contributed by atoms with van der Waals surface area (Å²) in [6, 6.07) is 56.3. The minimum absolute atomic E-state index is 0. The quantitative estimate of drug-likeness (QED) is 0.162. The molecular weight excluding hydrogens is 854 g/mol. The molecule has 2 aromatic heterocycles. The molecule has 0 aliphatic rings. The molecule has 0 amide bonds. The van der Waals surface area contributed by atoms with Crippen molar-refractivity contribution in [3.8, 4) is 78.6 Å². The average molecular weight is 896 g/mol. The van der Waals surface area contributed by atoms with E-state index in [0.29, 0.717) is 39.4 Å². The molecule has 7 aromatic carbocycles. The van der Waals surface area contributed by atoms with Crippen LogP contribution in [0, 0.1) is 19.8 Å². The summed E-state index contributed by atoms with van der Waals surface area (Å²) in [5.41, 5.74) is 10.9. The molecule has 0 aliphatic heterocycles. The van der Waals surface area contributed by atoms with Crippen LogP contribution in [-0.2, 0) is 21.1 Å². The molecule has 5 heteroatoms. The Kier molecular flexibility index (Phi) is 8.02. The molecule has 0 saturated carbocycles. The molecule has 268 valence electrons. The number of para-hydroxylation sites is 2. The van der Waals surface area contributed by atoms with Crippen LogP contribution in [0.2, 0.25) is 0 Å². The molecule has 1 N–H and O–H groups in total. The van der Waals surface area contributed by atoms with E-state index < -0.39 is 13.7 Å². The van der Waals surface area contributed by atoms with Crippen molar-refractivity contribution in [2.24, 2.45) is 0 Å². The summed E-state index contributed by atoms with van der Waals surface area (Å²) < 4.78 is 50.9. The number of aromatic hydroxyl groups is 1. The first-order valence-corrected chi connectivity index (χ1v) is 17.6. The van der Waals surface area contributed by atoms with Gasteiger partial charge in [-0.05, 0) is 83.5 Å². The zero-order chi connectivity index (χ0) is 41.6. The maximum absolute atomic E-state index is 11.2. The second kappa shape index (κ2) is 15.2. The number of imidazole rings is 1. The summed E-state index contributed by atoms with van der Waals surface area (Å²) in [4.78, 5) is 10.0. The van der Waals surface area contributed by atoms with Crippen LogP contribution in [0.3, 0.4) is 0 Å². The van der Waals surface area contributed by atoms with Crippen LogP contribution in [0.25, 0.3) is 83.9 Å². The van der Waals surface area contributed by atoms with Crippen molar-refractivity contribution in [2.75, 3.05) is 0 Å². The van der Waals surface area contributed by atoms with Gasteiger partial charge in [0, 0.05) is 46.9 Å². The van der Waals surface area contributed by atoms with E-state index in [9.17, 15) is 5.11 Å². The van der Waals surface area contributed by atoms with Gasteiger partial charge in [0.1, 0.15) is 11.6 Å². The molecular formula is C50H36N3OPt-. The minimum atomic E-state index is -2.42. The zero-order valence-electron chi connectivity index (χ0n) is 35.3. The van der Waals surface area contributed by atoms with Gasteiger partial charge in [-0.15, -0.1) is 23.8 Å². The first-order chi connectivity index (χ1) is 28.9. The summed E-state index contributed by atoms with van der Waals surface area (Å²) >= 11 is 0. The Bertz CT molecular complexity index is 3020. The number of hydrogen-bond donors (Lipinski definition) is 1. The maximum atomic E-state index is 11.2. The van der Waals surface area contributed by atoms with Gasteiger partial charge in [0.2, 0.25) is 0 Å². The fraction of sp³-hybridized carbons (Fsp3) is 0.0400. The Morgan fingerprint density at radius 3 is 2.04 bits per heavy atom. The molecule has 0 saturated heterocycles. The van der Waals surface area contributed by atoms with Crippen molar-refractivity contribution in [1.82, 2.24) is 14.5 Å². The second-order valence-corrected chi connectivity index (χ2v) is 13.1. The predicted octanol–water partition coefficient (Wildman–Crippen LogP) is 12.5. The van der Waals surface area contributed by atoms with E-state index in [2.05, 4.69) is 18.2 Å². The van der Waals surface area contributed by atoms with E-state index >= 15 is 0 Å². The number of pyridine rings is 1. The molecule has 4 nitrogen and oxygen atoms in total. The van der Waals surface area contributed by atoms with Gasteiger partial charge < -0.3 is 5.11 Å². The van der Waals surface area contributed by atoms with Crippen LogP contribution in [0.1, 0.15) is 19.4 Å². The Morgan fingerprint density at radius 1 is 0.564 bits per heavy atom. The number of aromatic nitrogens is 3.